The van der Waals surface area contributed by atoms with Crippen molar-refractivity contribution in [3.05, 3.63) is 0 Å². The van der Waals surface area contributed by atoms with Crippen LogP contribution in [0.5, 0.6) is 0 Å². The van der Waals surface area contributed by atoms with Crippen molar-refractivity contribution in [2.24, 2.45) is 11.7 Å². The molecule has 0 bridgehead atoms. The predicted octanol–water partition coefficient (Wildman–Crippen LogP) is 0.0140. The van der Waals surface area contributed by atoms with Gasteiger partial charge in [-0.15, -0.1) is 0 Å². The number of hydrogen-bond donors (Lipinski definition) is 1. The van der Waals surface area contributed by atoms with Crippen LogP contribution in [0.2, 0.25) is 0 Å². The van der Waals surface area contributed by atoms with E-state index in [4.69, 9.17) is 5.73 Å². The maximum absolute atomic E-state index is 10.9. The molecule has 0 spiro atoms. The van der Waals surface area contributed by atoms with Crippen molar-refractivity contribution >= 4 is 23.6 Å². The number of nitrogens with two attached hydrogens (primary N) is 1. The van der Waals surface area contributed by atoms with Gasteiger partial charge in [-0.3, -0.25) is 9.59 Å². The lowest BCUT2D eigenvalue weighted by Gasteiger charge is -2.08. The van der Waals surface area contributed by atoms with E-state index in [1.54, 1.807) is 11.8 Å². The highest BCUT2D eigenvalue weighted by Gasteiger charge is 2.24. The minimum Gasteiger partial charge on any atom is -0.468 e. The molecule has 1 atom stereocenters. The summed E-state index contributed by atoms with van der Waals surface area (Å²) < 4.78 is 4.42. The molecule has 12 heavy (non-hydrogen) atoms. The van der Waals surface area contributed by atoms with Gasteiger partial charge in [0.1, 0.15) is 5.92 Å². The molecule has 0 fully saturated rings. The van der Waals surface area contributed by atoms with Crippen LogP contribution in [0.3, 0.4) is 0 Å². The zero-order chi connectivity index (χ0) is 9.56. The summed E-state index contributed by atoms with van der Waals surface area (Å²) >= 11 is 1.56. The lowest BCUT2D eigenvalue weighted by atomic mass is 10.1. The van der Waals surface area contributed by atoms with Gasteiger partial charge in [0, 0.05) is 0 Å². The molecule has 5 heteroatoms. The van der Waals surface area contributed by atoms with Gasteiger partial charge >= 0.3 is 5.97 Å². The number of carbonyl (C=O) groups is 2. The molecule has 0 aromatic carbocycles. The largest absolute Gasteiger partial charge is 0.468 e. The first kappa shape index (κ1) is 11.3. The van der Waals surface area contributed by atoms with E-state index in [1.807, 2.05) is 6.26 Å². The van der Waals surface area contributed by atoms with E-state index in [0.29, 0.717) is 6.42 Å². The number of methoxy groups -OCH3 is 1. The van der Waals surface area contributed by atoms with Crippen molar-refractivity contribution < 1.29 is 14.3 Å². The lowest BCUT2D eigenvalue weighted by molar-refractivity contribution is -0.149. The molecule has 0 radical (unpaired) electrons. The molecule has 0 heterocycles. The van der Waals surface area contributed by atoms with Gasteiger partial charge in [0.2, 0.25) is 5.91 Å². The van der Waals surface area contributed by atoms with Crippen molar-refractivity contribution in [3.63, 3.8) is 0 Å². The average molecular weight is 191 g/mol. The molecule has 70 valence electrons. The molecular weight excluding hydrogens is 178 g/mol. The summed E-state index contributed by atoms with van der Waals surface area (Å²) in [6, 6.07) is 0. The van der Waals surface area contributed by atoms with E-state index in [1.165, 1.54) is 7.11 Å². The van der Waals surface area contributed by atoms with Gasteiger partial charge in [0.25, 0.3) is 0 Å². The topological polar surface area (TPSA) is 69.4 Å². The van der Waals surface area contributed by atoms with Gasteiger partial charge in [0.05, 0.1) is 7.11 Å². The van der Waals surface area contributed by atoms with Crippen LogP contribution in [0.1, 0.15) is 6.42 Å². The van der Waals surface area contributed by atoms with E-state index < -0.39 is 17.8 Å². The van der Waals surface area contributed by atoms with E-state index in [-0.39, 0.29) is 0 Å². The van der Waals surface area contributed by atoms with E-state index in [0.717, 1.165) is 5.75 Å². The Morgan fingerprint density at radius 2 is 2.17 bits per heavy atom. The highest BCUT2D eigenvalue weighted by atomic mass is 32.2. The van der Waals surface area contributed by atoms with Gasteiger partial charge in [-0.1, -0.05) is 0 Å². The summed E-state index contributed by atoms with van der Waals surface area (Å²) in [5.74, 6) is -1.22. The van der Waals surface area contributed by atoms with Gasteiger partial charge < -0.3 is 10.5 Å². The molecule has 2 N–H and O–H groups in total. The second kappa shape index (κ2) is 5.88. The van der Waals surface area contributed by atoms with Crippen molar-refractivity contribution in [1.82, 2.24) is 0 Å². The summed E-state index contributed by atoms with van der Waals surface area (Å²) in [4.78, 5) is 21.6. The van der Waals surface area contributed by atoms with Crippen molar-refractivity contribution in [2.75, 3.05) is 19.1 Å². The highest BCUT2D eigenvalue weighted by molar-refractivity contribution is 7.98. The number of carbonyl (C=O) groups excluding carboxylic acids is 2. The molecule has 0 aliphatic rings. The summed E-state index contributed by atoms with van der Waals surface area (Å²) in [5, 5.41) is 0. The van der Waals surface area contributed by atoms with Gasteiger partial charge in [-0.05, 0) is 18.4 Å². The standard InChI is InChI=1S/C7H13NO3S/c1-11-7(10)5(6(8)9)3-4-12-2/h5H,3-4H2,1-2H3,(H2,8,9)/t5-/m0/s1. The first-order chi connectivity index (χ1) is 5.63. The molecule has 0 saturated carbocycles. The highest BCUT2D eigenvalue weighted by Crippen LogP contribution is 2.08. The summed E-state index contributed by atoms with van der Waals surface area (Å²) in [5.41, 5.74) is 5.00. The minimum absolute atomic E-state index is 0.448. The fourth-order valence-electron chi connectivity index (χ4n) is 0.754. The monoisotopic (exact) mass is 191 g/mol. The molecule has 0 aromatic rings. The van der Waals surface area contributed by atoms with Crippen LogP contribution in [0.25, 0.3) is 0 Å². The Kier molecular flexibility index (Phi) is 5.53. The number of esters is 1. The van der Waals surface area contributed by atoms with E-state index in [9.17, 15) is 9.59 Å². The Morgan fingerprint density at radius 1 is 1.58 bits per heavy atom. The summed E-state index contributed by atoms with van der Waals surface area (Å²) in [6.45, 7) is 0. The number of thioether (sulfide) groups is 1. The maximum Gasteiger partial charge on any atom is 0.318 e. The van der Waals surface area contributed by atoms with Crippen LogP contribution in [0, 0.1) is 5.92 Å². The SMILES string of the molecule is COC(=O)[C@@H](CCSC)C(N)=O. The third-order valence-corrected chi connectivity index (χ3v) is 2.08. The van der Waals surface area contributed by atoms with E-state index in [2.05, 4.69) is 4.74 Å². The smallest absolute Gasteiger partial charge is 0.318 e. The normalized spacial score (nSPS) is 12.2. The molecule has 0 aromatic heterocycles. The third kappa shape index (κ3) is 3.61. The zero-order valence-corrected chi connectivity index (χ0v) is 8.02. The second-order valence-electron chi connectivity index (χ2n) is 2.26. The van der Waals surface area contributed by atoms with Crippen LogP contribution >= 0.6 is 11.8 Å². The summed E-state index contributed by atoms with van der Waals surface area (Å²) in [6.07, 6.45) is 2.35. The predicted molar refractivity (Wildman–Crippen MR) is 47.7 cm³/mol. The number of ether oxygens (including phenoxy) is 1. The second-order valence-corrected chi connectivity index (χ2v) is 3.25. The molecule has 0 rings (SSSR count). The molecule has 4 nitrogen and oxygen atoms in total. The average Bonchev–Trinajstić information content (AvgIpc) is 2.04. The Bertz CT molecular complexity index is 172. The van der Waals surface area contributed by atoms with Crippen LogP contribution in [0.15, 0.2) is 0 Å². The number of primary amides is 1. The molecular formula is C7H13NO3S. The first-order valence-corrected chi connectivity index (χ1v) is 4.89. The number of amides is 1. The zero-order valence-electron chi connectivity index (χ0n) is 7.20. The molecule has 0 aliphatic heterocycles. The van der Waals surface area contributed by atoms with Gasteiger partial charge in [-0.2, -0.15) is 11.8 Å². The van der Waals surface area contributed by atoms with Gasteiger partial charge in [0.15, 0.2) is 0 Å². The Labute approximate surface area is 75.8 Å². The van der Waals surface area contributed by atoms with Crippen LogP contribution in [-0.2, 0) is 14.3 Å². The van der Waals surface area contributed by atoms with Crippen LogP contribution in [0.4, 0.5) is 0 Å². The van der Waals surface area contributed by atoms with E-state index >= 15 is 0 Å². The number of hydrogen-bond acceptors (Lipinski definition) is 4. The lowest BCUT2D eigenvalue weighted by Crippen LogP contribution is -2.31. The molecule has 0 aliphatic carbocycles. The number of rotatable bonds is 5. The van der Waals surface area contributed by atoms with Crippen molar-refractivity contribution in [1.29, 1.82) is 0 Å². The summed E-state index contributed by atoms with van der Waals surface area (Å²) in [7, 11) is 1.25. The fraction of sp³-hybridized carbons (Fsp3) is 0.714. The van der Waals surface area contributed by atoms with Crippen LogP contribution < -0.4 is 5.73 Å². The minimum atomic E-state index is -0.789. The molecule has 1 amide bonds. The molecule has 0 saturated heterocycles. The molecule has 0 unspecified atom stereocenters. The van der Waals surface area contributed by atoms with Crippen molar-refractivity contribution in [3.8, 4) is 0 Å². The third-order valence-electron chi connectivity index (χ3n) is 1.44. The Balaban J connectivity index is 4.04. The Hall–Kier alpha value is -0.710. The Morgan fingerprint density at radius 3 is 2.50 bits per heavy atom. The fourth-order valence-corrected chi connectivity index (χ4v) is 1.23. The maximum atomic E-state index is 10.9. The quantitative estimate of drug-likeness (QED) is 0.491. The first-order valence-electron chi connectivity index (χ1n) is 3.49. The van der Waals surface area contributed by atoms with Gasteiger partial charge in [-0.25, -0.2) is 0 Å². The van der Waals surface area contributed by atoms with Crippen LogP contribution in [-0.4, -0.2) is 31.0 Å². The van der Waals surface area contributed by atoms with Crippen molar-refractivity contribution in [2.45, 2.75) is 6.42 Å².